The van der Waals surface area contributed by atoms with Crippen LogP contribution in [0, 0.1) is 0 Å². The lowest BCUT2D eigenvalue weighted by molar-refractivity contribution is -0.157. The molecule has 1 aliphatic heterocycles. The summed E-state index contributed by atoms with van der Waals surface area (Å²) in [6, 6.07) is 0. The molecule has 3 rings (SSSR count). The number of Topliss-reactive ketones (excluding diaryl/α,β-unsaturated/α-hetero) is 1. The van der Waals surface area contributed by atoms with E-state index in [4.69, 9.17) is 4.74 Å². The molecule has 7 heteroatoms. The molecule has 0 unspecified atom stereocenters. The minimum Gasteiger partial charge on any atom is -0.371 e. The molecule has 1 spiro atoms. The lowest BCUT2D eigenvalue weighted by atomic mass is 9.83. The van der Waals surface area contributed by atoms with Gasteiger partial charge in [0.2, 0.25) is 5.91 Å². The Balaban J connectivity index is 1.62. The predicted octanol–water partition coefficient (Wildman–Crippen LogP) is 1.04. The van der Waals surface area contributed by atoms with Gasteiger partial charge in [0.15, 0.2) is 5.78 Å². The summed E-state index contributed by atoms with van der Waals surface area (Å²) in [6.07, 6.45) is 7.20. The van der Waals surface area contributed by atoms with E-state index in [0.717, 1.165) is 12.8 Å². The second-order valence-corrected chi connectivity index (χ2v) is 6.26. The fourth-order valence-electron chi connectivity index (χ4n) is 3.33. The molecular weight excluding hydrogens is 284 g/mol. The zero-order valence-corrected chi connectivity index (χ0v) is 13.0. The van der Waals surface area contributed by atoms with E-state index in [-0.39, 0.29) is 23.8 Å². The van der Waals surface area contributed by atoms with Crippen molar-refractivity contribution in [1.29, 1.82) is 0 Å². The molecule has 1 aliphatic carbocycles. The smallest absolute Gasteiger partial charge is 0.244 e. The van der Waals surface area contributed by atoms with Crippen LogP contribution in [0.1, 0.15) is 49.5 Å². The number of rotatable bonds is 3. The lowest BCUT2D eigenvalue weighted by Gasteiger charge is -2.45. The molecule has 0 atom stereocenters. The zero-order valence-electron chi connectivity index (χ0n) is 13.0. The van der Waals surface area contributed by atoms with E-state index in [9.17, 15) is 9.59 Å². The third kappa shape index (κ3) is 3.19. The molecule has 1 aromatic heterocycles. The van der Waals surface area contributed by atoms with Gasteiger partial charge in [-0.25, -0.2) is 4.68 Å². The van der Waals surface area contributed by atoms with E-state index in [1.54, 1.807) is 0 Å². The average Bonchev–Trinajstić information content (AvgIpc) is 2.97. The van der Waals surface area contributed by atoms with Crippen LogP contribution < -0.4 is 0 Å². The van der Waals surface area contributed by atoms with Crippen molar-refractivity contribution >= 4 is 11.7 Å². The molecule has 2 aliphatic rings. The molecule has 0 radical (unpaired) electrons. The Morgan fingerprint density at radius 2 is 2.09 bits per heavy atom. The van der Waals surface area contributed by atoms with Gasteiger partial charge in [0.1, 0.15) is 12.2 Å². The van der Waals surface area contributed by atoms with Crippen LogP contribution in [0.15, 0.2) is 6.20 Å². The van der Waals surface area contributed by atoms with Crippen LogP contribution in [0.25, 0.3) is 0 Å². The Morgan fingerprint density at radius 1 is 1.32 bits per heavy atom. The minimum absolute atomic E-state index is 0.00764. The van der Waals surface area contributed by atoms with E-state index < -0.39 is 0 Å². The number of morpholine rings is 1. The molecule has 1 saturated heterocycles. The van der Waals surface area contributed by atoms with E-state index >= 15 is 0 Å². The monoisotopic (exact) mass is 306 g/mol. The fourth-order valence-corrected chi connectivity index (χ4v) is 3.33. The molecule has 2 fully saturated rings. The van der Waals surface area contributed by atoms with Crippen LogP contribution in [0.4, 0.5) is 0 Å². The van der Waals surface area contributed by atoms with Gasteiger partial charge in [-0.3, -0.25) is 9.59 Å². The van der Waals surface area contributed by atoms with E-state index in [0.29, 0.717) is 25.4 Å². The van der Waals surface area contributed by atoms with Crippen LogP contribution in [0.2, 0.25) is 0 Å². The van der Waals surface area contributed by atoms with E-state index in [1.807, 2.05) is 4.90 Å². The standard InChI is InChI=1S/C15H22N4O3/c1-12(20)13-9-19(17-16-13)10-14(21)18-7-8-22-15(11-18)5-3-2-4-6-15/h9H,2-8,10-11H2,1H3. The Morgan fingerprint density at radius 3 is 2.77 bits per heavy atom. The highest BCUT2D eigenvalue weighted by molar-refractivity contribution is 5.91. The maximum Gasteiger partial charge on any atom is 0.244 e. The van der Waals surface area contributed by atoms with Gasteiger partial charge in [0.25, 0.3) is 0 Å². The number of carbonyl (C=O) groups is 2. The maximum absolute atomic E-state index is 12.5. The first-order valence-corrected chi connectivity index (χ1v) is 7.91. The highest BCUT2D eigenvalue weighted by Gasteiger charge is 2.39. The van der Waals surface area contributed by atoms with Crippen molar-refractivity contribution in [3.05, 3.63) is 11.9 Å². The van der Waals surface area contributed by atoms with Gasteiger partial charge in [-0.2, -0.15) is 0 Å². The summed E-state index contributed by atoms with van der Waals surface area (Å²) in [5.74, 6) is -0.139. The van der Waals surface area contributed by atoms with Gasteiger partial charge in [-0.15, -0.1) is 5.10 Å². The van der Waals surface area contributed by atoms with Gasteiger partial charge in [-0.1, -0.05) is 24.5 Å². The second-order valence-electron chi connectivity index (χ2n) is 6.26. The molecular formula is C15H22N4O3. The largest absolute Gasteiger partial charge is 0.371 e. The maximum atomic E-state index is 12.5. The number of ketones is 1. The quantitative estimate of drug-likeness (QED) is 0.780. The van der Waals surface area contributed by atoms with Crippen LogP contribution >= 0.6 is 0 Å². The number of nitrogens with zero attached hydrogens (tertiary/aromatic N) is 4. The summed E-state index contributed by atoms with van der Waals surface area (Å²) in [6.45, 7) is 3.44. The highest BCUT2D eigenvalue weighted by atomic mass is 16.5. The topological polar surface area (TPSA) is 77.3 Å². The van der Waals surface area contributed by atoms with Crippen molar-refractivity contribution in [2.24, 2.45) is 0 Å². The number of carbonyl (C=O) groups excluding carboxylic acids is 2. The highest BCUT2D eigenvalue weighted by Crippen LogP contribution is 2.34. The van der Waals surface area contributed by atoms with Crippen molar-refractivity contribution in [1.82, 2.24) is 19.9 Å². The summed E-state index contributed by atoms with van der Waals surface area (Å²) >= 11 is 0. The molecule has 1 amide bonds. The second kappa shape index (κ2) is 6.16. The first-order chi connectivity index (χ1) is 10.6. The molecule has 2 heterocycles. The van der Waals surface area contributed by atoms with E-state index in [1.165, 1.54) is 37.1 Å². The van der Waals surface area contributed by atoms with Gasteiger partial charge >= 0.3 is 0 Å². The number of aromatic nitrogens is 3. The molecule has 0 bridgehead atoms. The number of ether oxygens (including phenoxy) is 1. The normalized spacial score (nSPS) is 21.0. The third-order valence-corrected chi connectivity index (χ3v) is 4.56. The van der Waals surface area contributed by atoms with Crippen LogP contribution in [-0.2, 0) is 16.1 Å². The Hall–Kier alpha value is -1.76. The zero-order chi connectivity index (χ0) is 15.6. The number of amides is 1. The van der Waals surface area contributed by atoms with Gasteiger partial charge in [-0.05, 0) is 12.8 Å². The van der Waals surface area contributed by atoms with Crippen LogP contribution in [0.3, 0.4) is 0 Å². The van der Waals surface area contributed by atoms with Crippen LogP contribution in [0.5, 0.6) is 0 Å². The summed E-state index contributed by atoms with van der Waals surface area (Å²) < 4.78 is 7.43. The molecule has 1 saturated carbocycles. The number of hydrogen-bond acceptors (Lipinski definition) is 5. The Kier molecular flexibility index (Phi) is 4.24. The molecule has 0 N–H and O–H groups in total. The van der Waals surface area contributed by atoms with E-state index in [2.05, 4.69) is 10.3 Å². The molecule has 0 aromatic carbocycles. The first-order valence-electron chi connectivity index (χ1n) is 7.91. The lowest BCUT2D eigenvalue weighted by Crippen LogP contribution is -2.55. The van der Waals surface area contributed by atoms with Crippen LogP contribution in [-0.4, -0.2) is 56.9 Å². The fraction of sp³-hybridized carbons (Fsp3) is 0.733. The van der Waals surface area contributed by atoms with Gasteiger partial charge in [0.05, 0.1) is 18.4 Å². The molecule has 120 valence electrons. The van der Waals surface area contributed by atoms with Crippen molar-refractivity contribution in [2.45, 2.75) is 51.2 Å². The molecule has 22 heavy (non-hydrogen) atoms. The SMILES string of the molecule is CC(=O)c1cn(CC(=O)N2CCOC3(CCCCC3)C2)nn1. The summed E-state index contributed by atoms with van der Waals surface area (Å²) in [4.78, 5) is 25.6. The van der Waals surface area contributed by atoms with Gasteiger partial charge in [0, 0.05) is 20.0 Å². The first kappa shape index (κ1) is 15.1. The number of hydrogen-bond donors (Lipinski definition) is 0. The molecule has 1 aromatic rings. The summed E-state index contributed by atoms with van der Waals surface area (Å²) in [5.41, 5.74) is 0.150. The van der Waals surface area contributed by atoms with Gasteiger partial charge < -0.3 is 9.64 Å². The minimum atomic E-state index is -0.147. The average molecular weight is 306 g/mol. The summed E-state index contributed by atoms with van der Waals surface area (Å²) in [7, 11) is 0. The third-order valence-electron chi connectivity index (χ3n) is 4.56. The summed E-state index contributed by atoms with van der Waals surface area (Å²) in [5, 5.41) is 7.61. The van der Waals surface area contributed by atoms with Crippen molar-refractivity contribution in [2.75, 3.05) is 19.7 Å². The molecule has 7 nitrogen and oxygen atoms in total. The van der Waals surface area contributed by atoms with Crippen molar-refractivity contribution in [3.63, 3.8) is 0 Å². The Bertz CT molecular complexity index is 557. The predicted molar refractivity (Wildman–Crippen MR) is 78.4 cm³/mol. The Labute approximate surface area is 129 Å². The van der Waals surface area contributed by atoms with Crippen molar-refractivity contribution < 1.29 is 14.3 Å². The van der Waals surface area contributed by atoms with Crippen molar-refractivity contribution in [3.8, 4) is 0 Å².